The number of aryl methyl sites for hydroxylation is 1. The van der Waals surface area contributed by atoms with Gasteiger partial charge in [-0.1, -0.05) is 12.1 Å². The van der Waals surface area contributed by atoms with E-state index in [1.54, 1.807) is 21.9 Å². The number of anilines is 2. The van der Waals surface area contributed by atoms with Gasteiger partial charge < -0.3 is 24.0 Å². The first kappa shape index (κ1) is 32.9. The third kappa shape index (κ3) is 7.51. The summed E-state index contributed by atoms with van der Waals surface area (Å²) in [5.41, 5.74) is 3.86. The van der Waals surface area contributed by atoms with E-state index in [0.717, 1.165) is 64.5 Å². The lowest BCUT2D eigenvalue weighted by Gasteiger charge is -2.37. The van der Waals surface area contributed by atoms with E-state index in [4.69, 9.17) is 20.6 Å². The van der Waals surface area contributed by atoms with Crippen LogP contribution in [0.25, 0.3) is 5.69 Å². The molecule has 0 amide bonds. The molecule has 7 rings (SSSR count). The number of aromatic nitrogens is 6. The summed E-state index contributed by atoms with van der Waals surface area (Å²) in [5, 5.41) is 8.50. The molecule has 0 spiro atoms. The Morgan fingerprint density at radius 3 is 2.22 bits per heavy atom. The fraction of sp³-hybridized carbons (Fsp3) is 0.333. The third-order valence-corrected chi connectivity index (χ3v) is 9.53. The van der Waals surface area contributed by atoms with Crippen LogP contribution in [0.2, 0.25) is 0 Å². The van der Waals surface area contributed by atoms with Gasteiger partial charge in [-0.25, -0.2) is 23.7 Å². The van der Waals surface area contributed by atoms with E-state index in [0.29, 0.717) is 32.7 Å². The van der Waals surface area contributed by atoms with Gasteiger partial charge >= 0.3 is 5.69 Å². The first-order valence-corrected chi connectivity index (χ1v) is 17.4. The van der Waals surface area contributed by atoms with Crippen molar-refractivity contribution in [3.63, 3.8) is 0 Å². The number of terminal acetylenes is 1. The monoisotopic (exact) mass is 772 g/mol. The average molecular weight is 773 g/mol. The minimum Gasteiger partial charge on any atom is -0.491 e. The number of piperazine rings is 1. The van der Waals surface area contributed by atoms with Crippen LogP contribution in [0.5, 0.6) is 5.75 Å². The van der Waals surface area contributed by atoms with Crippen molar-refractivity contribution in [3.8, 4) is 23.8 Å². The second-order valence-electron chi connectivity index (χ2n) is 12.0. The molecule has 0 unspecified atom stereocenters. The van der Waals surface area contributed by atoms with Gasteiger partial charge in [-0.2, -0.15) is 10.2 Å². The highest BCUT2D eigenvalue weighted by molar-refractivity contribution is 14.1. The van der Waals surface area contributed by atoms with Crippen LogP contribution in [-0.4, -0.2) is 74.6 Å². The van der Waals surface area contributed by atoms with Crippen LogP contribution in [0, 0.1) is 15.9 Å². The van der Waals surface area contributed by atoms with Crippen LogP contribution in [0.3, 0.4) is 0 Å². The summed E-state index contributed by atoms with van der Waals surface area (Å²) >= 11 is 2.29. The molecule has 2 aromatic heterocycles. The van der Waals surface area contributed by atoms with E-state index in [1.165, 1.54) is 11.0 Å². The van der Waals surface area contributed by atoms with E-state index in [9.17, 15) is 4.79 Å². The number of rotatable bonds is 12. The molecule has 2 aliphatic heterocycles. The van der Waals surface area contributed by atoms with Gasteiger partial charge in [0.25, 0.3) is 0 Å². The average Bonchev–Trinajstić information content (AvgIpc) is 3.90. The second-order valence-corrected chi connectivity index (χ2v) is 13.3. The van der Waals surface area contributed by atoms with Gasteiger partial charge in [0.05, 0.1) is 12.3 Å². The van der Waals surface area contributed by atoms with Crippen molar-refractivity contribution in [3.05, 3.63) is 111 Å². The molecule has 0 aliphatic carbocycles. The highest BCUT2D eigenvalue weighted by Crippen LogP contribution is 2.36. The first-order chi connectivity index (χ1) is 24.0. The molecule has 252 valence electrons. The minimum atomic E-state index is -0.966. The Morgan fingerprint density at radius 1 is 0.898 bits per heavy atom. The van der Waals surface area contributed by atoms with Gasteiger partial charge in [0.15, 0.2) is 0 Å². The quantitative estimate of drug-likeness (QED) is 0.104. The van der Waals surface area contributed by atoms with Gasteiger partial charge in [-0.15, -0.1) is 12.3 Å². The topological polar surface area (TPSA) is 105 Å². The lowest BCUT2D eigenvalue weighted by atomic mass is 10.1. The Labute approximate surface area is 298 Å². The molecule has 12 nitrogen and oxygen atoms in total. The van der Waals surface area contributed by atoms with E-state index >= 15 is 0 Å². The van der Waals surface area contributed by atoms with Crippen LogP contribution >= 0.6 is 22.6 Å². The van der Waals surface area contributed by atoms with E-state index in [1.807, 2.05) is 48.5 Å². The van der Waals surface area contributed by atoms with Gasteiger partial charge in [0.1, 0.15) is 44.0 Å². The van der Waals surface area contributed by atoms with Crippen LogP contribution in [0.4, 0.5) is 11.4 Å². The van der Waals surface area contributed by atoms with Gasteiger partial charge in [-0.05, 0) is 89.7 Å². The van der Waals surface area contributed by atoms with Crippen molar-refractivity contribution < 1.29 is 14.2 Å². The van der Waals surface area contributed by atoms with Crippen molar-refractivity contribution in [2.24, 2.45) is 0 Å². The van der Waals surface area contributed by atoms with Crippen molar-refractivity contribution in [2.75, 3.05) is 49.2 Å². The fourth-order valence-corrected chi connectivity index (χ4v) is 6.55. The standard InChI is InChI=1S/C36H37IN8O4/c1-2-3-4-17-45-35(46)44(27-40-45)32-11-9-30(10-12-32)41-18-20-42(21-19-41)31-13-15-33(16-14-31)47-22-34-23-48-36(49-34,24-43-26-38-25-39-43)28-5-7-29(37)8-6-28/h1,5-16,25-27,34H,3-4,17-24H2/t34-,36-/m1/s1. The number of benzene rings is 3. The van der Waals surface area contributed by atoms with Gasteiger partial charge in [-0.3, -0.25) is 0 Å². The second kappa shape index (κ2) is 14.9. The lowest BCUT2D eigenvalue weighted by molar-refractivity contribution is -0.190. The first-order valence-electron chi connectivity index (χ1n) is 16.3. The van der Waals surface area contributed by atoms with E-state index < -0.39 is 5.79 Å². The Morgan fingerprint density at radius 2 is 1.57 bits per heavy atom. The van der Waals surface area contributed by atoms with Crippen LogP contribution in [0.1, 0.15) is 18.4 Å². The molecule has 13 heteroatoms. The van der Waals surface area contributed by atoms with Crippen molar-refractivity contribution in [2.45, 2.75) is 37.8 Å². The highest BCUT2D eigenvalue weighted by Gasteiger charge is 2.44. The van der Waals surface area contributed by atoms with E-state index in [-0.39, 0.29) is 11.8 Å². The third-order valence-electron chi connectivity index (χ3n) is 8.82. The molecule has 0 radical (unpaired) electrons. The molecular formula is C36H37IN8O4. The summed E-state index contributed by atoms with van der Waals surface area (Å²) in [6, 6.07) is 24.5. The largest absolute Gasteiger partial charge is 0.491 e. The number of halogens is 1. The fourth-order valence-electron chi connectivity index (χ4n) is 6.19. The summed E-state index contributed by atoms with van der Waals surface area (Å²) in [7, 11) is 0. The molecule has 5 aromatic rings. The minimum absolute atomic E-state index is 0.157. The van der Waals surface area contributed by atoms with Crippen LogP contribution < -0.4 is 20.2 Å². The molecular weight excluding hydrogens is 735 g/mol. The van der Waals surface area contributed by atoms with Crippen molar-refractivity contribution >= 4 is 34.0 Å². The van der Waals surface area contributed by atoms with Crippen LogP contribution in [0.15, 0.2) is 96.6 Å². The number of hydrogen-bond donors (Lipinski definition) is 0. The Balaban J connectivity index is 0.905. The van der Waals surface area contributed by atoms with E-state index in [2.05, 4.69) is 77.8 Å². The molecule has 0 N–H and O–H groups in total. The number of nitrogens with zero attached hydrogens (tertiary/aromatic N) is 8. The van der Waals surface area contributed by atoms with Crippen molar-refractivity contribution in [1.82, 2.24) is 29.1 Å². The molecule has 0 bridgehead atoms. The van der Waals surface area contributed by atoms with Crippen LogP contribution in [-0.2, 0) is 28.4 Å². The molecule has 2 aliphatic rings. The number of ether oxygens (including phenoxy) is 3. The zero-order chi connectivity index (χ0) is 33.6. The smallest absolute Gasteiger partial charge is 0.350 e. The summed E-state index contributed by atoms with van der Waals surface area (Å²) in [6.45, 7) is 5.24. The summed E-state index contributed by atoms with van der Waals surface area (Å²) in [5.74, 6) is 2.42. The zero-order valence-electron chi connectivity index (χ0n) is 27.0. The molecule has 0 saturated carbocycles. The summed E-state index contributed by atoms with van der Waals surface area (Å²) < 4.78 is 24.9. The Hall–Kier alpha value is -4.65. The zero-order valence-corrected chi connectivity index (χ0v) is 29.1. The van der Waals surface area contributed by atoms with Gasteiger partial charge in [0, 0.05) is 59.7 Å². The molecule has 49 heavy (non-hydrogen) atoms. The predicted molar refractivity (Wildman–Crippen MR) is 194 cm³/mol. The Kier molecular flexibility index (Phi) is 9.97. The normalized spacial score (nSPS) is 19.2. The van der Waals surface area contributed by atoms with Gasteiger partial charge in [0.2, 0.25) is 5.79 Å². The highest BCUT2D eigenvalue weighted by atomic mass is 127. The maximum absolute atomic E-state index is 12.7. The molecule has 2 atom stereocenters. The molecule has 4 heterocycles. The SMILES string of the molecule is C#CCCCn1ncn(-c2ccc(N3CCN(c4ccc(OC[C@@H]5CO[C@@](Cn6cncn6)(c6ccc(I)cc6)O5)cc4)CC3)cc2)c1=O. The summed E-state index contributed by atoms with van der Waals surface area (Å²) in [4.78, 5) is 21.6. The lowest BCUT2D eigenvalue weighted by Crippen LogP contribution is -2.46. The number of hydrogen-bond acceptors (Lipinski definition) is 9. The molecule has 3 aromatic carbocycles. The maximum atomic E-state index is 12.7. The van der Waals surface area contributed by atoms with Crippen molar-refractivity contribution in [1.29, 1.82) is 0 Å². The number of unbranched alkanes of at least 4 members (excludes halogenated alkanes) is 1. The predicted octanol–water partition coefficient (Wildman–Crippen LogP) is 4.32. The summed E-state index contributed by atoms with van der Waals surface area (Å²) in [6.07, 6.45) is 11.2. The molecule has 2 fully saturated rings. The Bertz CT molecular complexity index is 1910. The molecule has 2 saturated heterocycles. The maximum Gasteiger partial charge on any atom is 0.350 e.